The van der Waals surface area contributed by atoms with Gasteiger partial charge >= 0.3 is 6.18 Å². The minimum Gasteiger partial charge on any atom is -0.361 e. The van der Waals surface area contributed by atoms with E-state index in [1.54, 1.807) is 12.3 Å². The molecule has 1 aliphatic rings. The molecular weight excluding hydrogens is 590 g/mol. The Morgan fingerprint density at radius 3 is 2.22 bits per heavy atom. The monoisotopic (exact) mass is 624 g/mol. The Kier molecular flexibility index (Phi) is 7.42. The number of nitrogens with one attached hydrogen (secondary N) is 1. The van der Waals surface area contributed by atoms with Crippen molar-refractivity contribution >= 4 is 10.9 Å². The second-order valence-corrected chi connectivity index (χ2v) is 12.3. The van der Waals surface area contributed by atoms with Crippen LogP contribution >= 0.6 is 0 Å². The van der Waals surface area contributed by atoms with Crippen LogP contribution in [0, 0.1) is 5.82 Å². The van der Waals surface area contributed by atoms with Gasteiger partial charge in [0, 0.05) is 53.8 Å². The molecule has 10 heteroatoms. The molecule has 0 saturated carbocycles. The van der Waals surface area contributed by atoms with E-state index in [1.165, 1.54) is 6.07 Å². The van der Waals surface area contributed by atoms with Crippen molar-refractivity contribution in [2.75, 3.05) is 0 Å². The smallest absolute Gasteiger partial charge is 0.361 e. The predicted molar refractivity (Wildman–Crippen MR) is 163 cm³/mol. The summed E-state index contributed by atoms with van der Waals surface area (Å²) in [7, 11) is 0. The lowest BCUT2D eigenvalue weighted by Gasteiger charge is -2.33. The van der Waals surface area contributed by atoms with Gasteiger partial charge in [-0.15, -0.1) is 0 Å². The highest BCUT2D eigenvalue weighted by Gasteiger charge is 2.45. The summed E-state index contributed by atoms with van der Waals surface area (Å²) in [4.78, 5) is 4.99. The van der Waals surface area contributed by atoms with Gasteiger partial charge in [-0.2, -0.15) is 18.3 Å². The van der Waals surface area contributed by atoms with Crippen LogP contribution in [-0.2, 0) is 43.6 Å². The summed E-state index contributed by atoms with van der Waals surface area (Å²) in [5, 5.41) is 5.79. The maximum atomic E-state index is 16.0. The molecule has 3 aromatic carbocycles. The molecule has 0 fully saturated rings. The van der Waals surface area contributed by atoms with Crippen molar-refractivity contribution in [3.05, 3.63) is 106 Å². The van der Waals surface area contributed by atoms with Crippen molar-refractivity contribution in [2.24, 2.45) is 0 Å². The summed E-state index contributed by atoms with van der Waals surface area (Å²) in [5.74, 6) is -3.86. The molecular formula is C35H34F6N4. The van der Waals surface area contributed by atoms with Gasteiger partial charge in [0.1, 0.15) is 5.82 Å². The first-order chi connectivity index (χ1) is 21.2. The van der Waals surface area contributed by atoms with Crippen molar-refractivity contribution < 1.29 is 26.3 Å². The molecule has 0 unspecified atom stereocenters. The maximum absolute atomic E-state index is 16.0. The first-order valence-corrected chi connectivity index (χ1v) is 15.0. The van der Waals surface area contributed by atoms with E-state index in [-0.39, 0.29) is 18.7 Å². The second kappa shape index (κ2) is 10.8. The van der Waals surface area contributed by atoms with Crippen LogP contribution in [0.15, 0.2) is 60.8 Å². The van der Waals surface area contributed by atoms with E-state index in [0.29, 0.717) is 53.7 Å². The average molecular weight is 625 g/mol. The quantitative estimate of drug-likeness (QED) is 0.183. The molecule has 45 heavy (non-hydrogen) atoms. The van der Waals surface area contributed by atoms with Crippen LogP contribution < -0.4 is 0 Å². The standard InChI is InChI=1S/C35H34F6N4/c1-6-20-9-8-10-21(7-2)30(20)45-31(29-24-15-16-42-28(24)14-13-27(29)36)25-19-44(33(3,4)32(25)43-45)18-22-11-12-23(34(5,37)38)17-26(22)35(39,40)41/h8-17,42H,6-7,18-19H2,1-5H3. The fourth-order valence-corrected chi connectivity index (χ4v) is 6.59. The molecule has 6 rings (SSSR count). The highest BCUT2D eigenvalue weighted by atomic mass is 19.4. The Balaban J connectivity index is 1.55. The second-order valence-electron chi connectivity index (χ2n) is 12.3. The third-order valence-electron chi connectivity index (χ3n) is 9.08. The summed E-state index contributed by atoms with van der Waals surface area (Å²) in [5.41, 5.74) is 3.15. The zero-order chi connectivity index (χ0) is 32.5. The summed E-state index contributed by atoms with van der Waals surface area (Å²) < 4.78 is 88.4. The molecule has 3 heterocycles. The molecule has 0 atom stereocenters. The number of aromatic amines is 1. The number of hydrogen-bond donors (Lipinski definition) is 1. The summed E-state index contributed by atoms with van der Waals surface area (Å²) in [6.45, 7) is 8.43. The van der Waals surface area contributed by atoms with Gasteiger partial charge in [-0.05, 0) is 67.6 Å². The SMILES string of the molecule is CCc1cccc(CC)c1-n1nc2c(c1-c1c(F)ccc3[nH]ccc13)CN(Cc1ccc(C(C)(F)F)cc1C(F)(F)F)C2(C)C. The van der Waals surface area contributed by atoms with E-state index in [1.807, 2.05) is 61.5 Å². The molecule has 0 aliphatic carbocycles. The number of aromatic nitrogens is 3. The molecule has 1 aliphatic heterocycles. The molecule has 0 amide bonds. The molecule has 5 aromatic rings. The Bertz CT molecular complexity index is 1890. The molecule has 236 valence electrons. The number of alkyl halides is 5. The van der Waals surface area contributed by atoms with Gasteiger partial charge < -0.3 is 4.98 Å². The van der Waals surface area contributed by atoms with Crippen LogP contribution in [0.1, 0.15) is 73.7 Å². The number of fused-ring (bicyclic) bond motifs is 2. The summed E-state index contributed by atoms with van der Waals surface area (Å²) in [6.07, 6.45) is -1.66. The van der Waals surface area contributed by atoms with Gasteiger partial charge in [0.2, 0.25) is 0 Å². The summed E-state index contributed by atoms with van der Waals surface area (Å²) >= 11 is 0. The molecule has 0 spiro atoms. The lowest BCUT2D eigenvalue weighted by Crippen LogP contribution is -2.36. The third kappa shape index (κ3) is 5.13. The van der Waals surface area contributed by atoms with Crippen molar-refractivity contribution in [2.45, 2.75) is 78.2 Å². The topological polar surface area (TPSA) is 36.9 Å². The molecule has 1 N–H and O–H groups in total. The third-order valence-corrected chi connectivity index (χ3v) is 9.08. The van der Waals surface area contributed by atoms with E-state index >= 15 is 4.39 Å². The van der Waals surface area contributed by atoms with Crippen LogP contribution in [0.4, 0.5) is 26.3 Å². The Hall–Kier alpha value is -4.05. The van der Waals surface area contributed by atoms with Crippen molar-refractivity contribution in [1.29, 1.82) is 0 Å². The fraction of sp³-hybridized carbons (Fsp3) is 0.343. The maximum Gasteiger partial charge on any atom is 0.416 e. The minimum absolute atomic E-state index is 0.119. The number of hydrogen-bond acceptors (Lipinski definition) is 2. The van der Waals surface area contributed by atoms with Gasteiger partial charge in [0.05, 0.1) is 28.2 Å². The fourth-order valence-electron chi connectivity index (χ4n) is 6.59. The number of halogens is 6. The van der Waals surface area contributed by atoms with Crippen molar-refractivity contribution in [1.82, 2.24) is 19.7 Å². The molecule has 0 saturated heterocycles. The Morgan fingerprint density at radius 1 is 0.911 bits per heavy atom. The lowest BCUT2D eigenvalue weighted by molar-refractivity contribution is -0.138. The highest BCUT2D eigenvalue weighted by Crippen LogP contribution is 2.47. The van der Waals surface area contributed by atoms with Crippen LogP contribution in [0.25, 0.3) is 27.8 Å². The van der Waals surface area contributed by atoms with Gasteiger partial charge in [-0.25, -0.2) is 17.9 Å². The van der Waals surface area contributed by atoms with E-state index in [9.17, 15) is 22.0 Å². The molecule has 0 radical (unpaired) electrons. The van der Waals surface area contributed by atoms with Crippen molar-refractivity contribution in [3.8, 4) is 16.9 Å². The molecule has 4 nitrogen and oxygen atoms in total. The Labute approximate surface area is 257 Å². The number of benzene rings is 3. The first-order valence-electron chi connectivity index (χ1n) is 15.0. The zero-order valence-electron chi connectivity index (χ0n) is 25.7. The molecule has 2 aromatic heterocycles. The van der Waals surface area contributed by atoms with Crippen molar-refractivity contribution in [3.63, 3.8) is 0 Å². The van der Waals surface area contributed by atoms with E-state index < -0.39 is 34.6 Å². The number of H-pyrrole nitrogens is 1. The van der Waals surface area contributed by atoms with Crippen LogP contribution in [-0.4, -0.2) is 19.7 Å². The van der Waals surface area contributed by atoms with Crippen LogP contribution in [0.2, 0.25) is 0 Å². The normalized spacial score (nSPS) is 15.3. The van der Waals surface area contributed by atoms with Gasteiger partial charge in [0.15, 0.2) is 0 Å². The van der Waals surface area contributed by atoms with Crippen LogP contribution in [0.3, 0.4) is 0 Å². The van der Waals surface area contributed by atoms with E-state index in [4.69, 9.17) is 5.10 Å². The Morgan fingerprint density at radius 2 is 1.60 bits per heavy atom. The number of aryl methyl sites for hydroxylation is 2. The minimum atomic E-state index is -4.83. The zero-order valence-corrected chi connectivity index (χ0v) is 25.7. The van der Waals surface area contributed by atoms with Gasteiger partial charge in [-0.1, -0.05) is 44.2 Å². The van der Waals surface area contributed by atoms with E-state index in [2.05, 4.69) is 4.98 Å². The van der Waals surface area contributed by atoms with Gasteiger partial charge in [0.25, 0.3) is 5.92 Å². The summed E-state index contributed by atoms with van der Waals surface area (Å²) in [6, 6.07) is 13.7. The van der Waals surface area contributed by atoms with Gasteiger partial charge in [-0.3, -0.25) is 4.90 Å². The molecule has 0 bridgehead atoms. The predicted octanol–water partition coefficient (Wildman–Crippen LogP) is 9.67. The van der Waals surface area contributed by atoms with Crippen LogP contribution in [0.5, 0.6) is 0 Å². The number of para-hydroxylation sites is 1. The highest BCUT2D eigenvalue weighted by molar-refractivity contribution is 5.96. The largest absolute Gasteiger partial charge is 0.416 e. The average Bonchev–Trinajstić information content (AvgIpc) is 3.66. The lowest BCUT2D eigenvalue weighted by atomic mass is 9.96. The first kappa shape index (κ1) is 31.0. The number of rotatable bonds is 7. The number of nitrogens with zero attached hydrogens (tertiary/aromatic N) is 3. The van der Waals surface area contributed by atoms with E-state index in [0.717, 1.165) is 34.5 Å².